The average Bonchev–Trinajstić information content (AvgIpc) is 2.69. The number of carbonyl (C=O) groups is 1. The molecule has 0 saturated carbocycles. The van der Waals surface area contributed by atoms with Gasteiger partial charge in [0.05, 0.1) is 10.7 Å². The molecule has 1 amide bonds. The molecule has 0 aliphatic carbocycles. The predicted molar refractivity (Wildman–Crippen MR) is 114 cm³/mol. The van der Waals surface area contributed by atoms with Gasteiger partial charge in [-0.1, -0.05) is 29.3 Å². The fraction of sp³-hybridized carbons (Fsp3) is 0.0500. The summed E-state index contributed by atoms with van der Waals surface area (Å²) in [5, 5.41) is 5.10. The molecule has 2 aromatic carbocycles. The van der Waals surface area contributed by atoms with Crippen LogP contribution < -0.4 is 10.2 Å². The number of aromatic nitrogens is 1. The third kappa shape index (κ3) is 5.55. The van der Waals surface area contributed by atoms with Crippen LogP contribution in [0.3, 0.4) is 0 Å². The van der Waals surface area contributed by atoms with Crippen molar-refractivity contribution in [1.82, 2.24) is 10.4 Å². The Hall–Kier alpha value is -2.41. The van der Waals surface area contributed by atoms with Crippen LogP contribution in [0.2, 0.25) is 10.0 Å². The zero-order valence-corrected chi connectivity index (χ0v) is 17.5. The minimum Gasteiger partial charge on any atom is -0.488 e. The molecule has 0 aliphatic rings. The van der Waals surface area contributed by atoms with E-state index in [0.717, 1.165) is 15.6 Å². The monoisotopic (exact) mass is 477 g/mol. The van der Waals surface area contributed by atoms with Crippen molar-refractivity contribution in [2.24, 2.45) is 5.10 Å². The Labute approximate surface area is 180 Å². The van der Waals surface area contributed by atoms with E-state index in [1.165, 1.54) is 0 Å². The van der Waals surface area contributed by atoms with Crippen LogP contribution in [0, 0.1) is 0 Å². The molecule has 0 bridgehead atoms. The van der Waals surface area contributed by atoms with Crippen molar-refractivity contribution in [3.63, 3.8) is 0 Å². The molecule has 1 heterocycles. The van der Waals surface area contributed by atoms with E-state index < -0.39 is 0 Å². The Morgan fingerprint density at radius 1 is 1.14 bits per heavy atom. The summed E-state index contributed by atoms with van der Waals surface area (Å²) < 4.78 is 6.56. The molecule has 3 rings (SSSR count). The highest BCUT2D eigenvalue weighted by atomic mass is 79.9. The van der Waals surface area contributed by atoms with Gasteiger partial charge in [0.25, 0.3) is 5.91 Å². The number of amides is 1. The van der Waals surface area contributed by atoms with Gasteiger partial charge in [0.2, 0.25) is 0 Å². The maximum absolute atomic E-state index is 11.9. The lowest BCUT2D eigenvalue weighted by molar-refractivity contribution is 0.0955. The second kappa shape index (κ2) is 9.68. The molecule has 8 heteroatoms. The number of benzene rings is 2. The summed E-state index contributed by atoms with van der Waals surface area (Å²) in [4.78, 5) is 15.8. The highest BCUT2D eigenvalue weighted by Gasteiger charge is 2.06. The standard InChI is InChI=1S/C20H14BrCl2N3O2/c21-17-9-13(11-25-26-20(27)14-5-7-24-8-6-14)1-4-19(17)28-12-15-2-3-16(22)10-18(15)23/h1-11H,12H2,(H,26,27)/b25-11-. The number of hydrogen-bond acceptors (Lipinski definition) is 4. The lowest BCUT2D eigenvalue weighted by Gasteiger charge is -2.10. The van der Waals surface area contributed by atoms with Gasteiger partial charge in [-0.3, -0.25) is 9.78 Å². The van der Waals surface area contributed by atoms with Gasteiger partial charge in [0, 0.05) is 33.6 Å². The topological polar surface area (TPSA) is 63.6 Å². The largest absolute Gasteiger partial charge is 0.488 e. The van der Waals surface area contributed by atoms with Gasteiger partial charge in [0.15, 0.2) is 0 Å². The molecule has 1 aromatic heterocycles. The van der Waals surface area contributed by atoms with Crippen molar-refractivity contribution >= 4 is 51.3 Å². The second-order valence-corrected chi connectivity index (χ2v) is 7.35. The van der Waals surface area contributed by atoms with Crippen LogP contribution in [0.1, 0.15) is 21.5 Å². The fourth-order valence-electron chi connectivity index (χ4n) is 2.24. The first-order valence-corrected chi connectivity index (χ1v) is 9.67. The van der Waals surface area contributed by atoms with E-state index in [0.29, 0.717) is 28.0 Å². The van der Waals surface area contributed by atoms with Crippen molar-refractivity contribution < 1.29 is 9.53 Å². The highest BCUT2D eigenvalue weighted by molar-refractivity contribution is 9.10. The number of nitrogens with zero attached hydrogens (tertiary/aromatic N) is 2. The lowest BCUT2D eigenvalue weighted by atomic mass is 10.2. The first-order chi connectivity index (χ1) is 13.5. The zero-order valence-electron chi connectivity index (χ0n) is 14.4. The molecule has 5 nitrogen and oxygen atoms in total. The molecular weight excluding hydrogens is 465 g/mol. The van der Waals surface area contributed by atoms with Gasteiger partial charge in [-0.2, -0.15) is 5.10 Å². The highest BCUT2D eigenvalue weighted by Crippen LogP contribution is 2.28. The molecule has 0 radical (unpaired) electrons. The van der Waals surface area contributed by atoms with Crippen LogP contribution in [-0.2, 0) is 6.61 Å². The van der Waals surface area contributed by atoms with E-state index in [4.69, 9.17) is 27.9 Å². The maximum atomic E-state index is 11.9. The summed E-state index contributed by atoms with van der Waals surface area (Å²) in [5.74, 6) is 0.349. The van der Waals surface area contributed by atoms with Crippen LogP contribution in [0.15, 0.2) is 70.5 Å². The lowest BCUT2D eigenvalue weighted by Crippen LogP contribution is -2.17. The Morgan fingerprint density at radius 2 is 1.93 bits per heavy atom. The van der Waals surface area contributed by atoms with E-state index in [2.05, 4.69) is 31.4 Å². The third-order valence-electron chi connectivity index (χ3n) is 3.68. The Kier molecular flexibility index (Phi) is 7.03. The third-order valence-corrected chi connectivity index (χ3v) is 4.88. The summed E-state index contributed by atoms with van der Waals surface area (Å²) in [6.45, 7) is 0.310. The van der Waals surface area contributed by atoms with Crippen LogP contribution in [0.5, 0.6) is 5.75 Å². The number of rotatable bonds is 6. The Morgan fingerprint density at radius 3 is 2.64 bits per heavy atom. The van der Waals surface area contributed by atoms with Crippen LogP contribution >= 0.6 is 39.1 Å². The van der Waals surface area contributed by atoms with E-state index in [-0.39, 0.29) is 5.91 Å². The first-order valence-electron chi connectivity index (χ1n) is 8.12. The van der Waals surface area contributed by atoms with Crippen molar-refractivity contribution in [1.29, 1.82) is 0 Å². The van der Waals surface area contributed by atoms with Crippen molar-refractivity contribution in [2.75, 3.05) is 0 Å². The number of pyridine rings is 1. The van der Waals surface area contributed by atoms with E-state index in [9.17, 15) is 4.79 Å². The second-order valence-electron chi connectivity index (χ2n) is 5.65. The molecule has 0 unspecified atom stereocenters. The number of nitrogens with one attached hydrogen (secondary N) is 1. The molecule has 3 aromatic rings. The number of hydrazone groups is 1. The average molecular weight is 479 g/mol. The predicted octanol–water partition coefficient (Wildman–Crippen LogP) is 5.49. The fourth-order valence-corrected chi connectivity index (χ4v) is 3.22. The number of halogens is 3. The van der Waals surface area contributed by atoms with Crippen molar-refractivity contribution in [3.05, 3.63) is 92.1 Å². The van der Waals surface area contributed by atoms with E-state index in [1.54, 1.807) is 48.9 Å². The van der Waals surface area contributed by atoms with Crippen LogP contribution in [-0.4, -0.2) is 17.1 Å². The van der Waals surface area contributed by atoms with E-state index in [1.807, 2.05) is 18.2 Å². The molecule has 0 aliphatic heterocycles. The Balaban J connectivity index is 1.59. The molecule has 0 atom stereocenters. The van der Waals surface area contributed by atoms with Gasteiger partial charge in [0.1, 0.15) is 12.4 Å². The van der Waals surface area contributed by atoms with Gasteiger partial charge in [-0.05, 0) is 64.0 Å². The summed E-state index contributed by atoms with van der Waals surface area (Å²) in [6, 6.07) is 14.0. The van der Waals surface area contributed by atoms with Gasteiger partial charge in [-0.25, -0.2) is 5.43 Å². The zero-order chi connectivity index (χ0) is 19.9. The molecule has 0 fully saturated rings. The van der Waals surface area contributed by atoms with Gasteiger partial charge >= 0.3 is 0 Å². The van der Waals surface area contributed by atoms with Gasteiger partial charge in [-0.15, -0.1) is 0 Å². The first kappa shape index (κ1) is 20.3. The van der Waals surface area contributed by atoms with Crippen molar-refractivity contribution in [3.8, 4) is 5.75 Å². The van der Waals surface area contributed by atoms with E-state index >= 15 is 0 Å². The summed E-state index contributed by atoms with van der Waals surface area (Å²) in [5.41, 5.74) is 4.58. The normalized spacial score (nSPS) is 10.8. The van der Waals surface area contributed by atoms with Gasteiger partial charge < -0.3 is 4.74 Å². The van der Waals surface area contributed by atoms with Crippen LogP contribution in [0.4, 0.5) is 0 Å². The number of carbonyl (C=O) groups excluding carboxylic acids is 1. The molecule has 0 spiro atoms. The van der Waals surface area contributed by atoms with Crippen LogP contribution in [0.25, 0.3) is 0 Å². The smallest absolute Gasteiger partial charge is 0.271 e. The van der Waals surface area contributed by atoms with Crippen molar-refractivity contribution in [2.45, 2.75) is 6.61 Å². The molecule has 28 heavy (non-hydrogen) atoms. The minimum absolute atomic E-state index is 0.308. The quantitative estimate of drug-likeness (QED) is 0.376. The summed E-state index contributed by atoms with van der Waals surface area (Å²) in [7, 11) is 0. The number of ether oxygens (including phenoxy) is 1. The Bertz CT molecular complexity index is 1010. The molecule has 0 saturated heterocycles. The molecule has 1 N–H and O–H groups in total. The number of hydrogen-bond donors (Lipinski definition) is 1. The minimum atomic E-state index is -0.308. The SMILES string of the molecule is O=C(N/N=C\c1ccc(OCc2ccc(Cl)cc2Cl)c(Br)c1)c1ccncc1. The maximum Gasteiger partial charge on any atom is 0.271 e. The molecule has 142 valence electrons. The summed E-state index contributed by atoms with van der Waals surface area (Å²) >= 11 is 15.5. The molecular formula is C20H14BrCl2N3O2. The summed E-state index contributed by atoms with van der Waals surface area (Å²) in [6.07, 6.45) is 4.64.